The van der Waals surface area contributed by atoms with Crippen molar-refractivity contribution in [2.45, 2.75) is 12.8 Å². The van der Waals surface area contributed by atoms with Crippen LogP contribution in [0.15, 0.2) is 11.6 Å². The molecule has 1 heteroatoms. The molecule has 0 amide bonds. The maximum Gasteiger partial charge on any atom is 0.0499 e. The summed E-state index contributed by atoms with van der Waals surface area (Å²) in [6.07, 6.45) is 5.39. The molecule has 4 fully saturated rings. The molecule has 6 bridgehead atoms. The summed E-state index contributed by atoms with van der Waals surface area (Å²) in [4.78, 5) is 0. The maximum absolute atomic E-state index is 5.17. The van der Waals surface area contributed by atoms with Crippen LogP contribution in [0.2, 0.25) is 0 Å². The number of methoxy groups -OCH3 is 1. The number of hydrogen-bond donors (Lipinski definition) is 0. The zero-order valence-corrected chi connectivity index (χ0v) is 8.07. The van der Waals surface area contributed by atoms with E-state index in [1.165, 1.54) is 6.42 Å². The van der Waals surface area contributed by atoms with Crippen LogP contribution >= 0.6 is 0 Å². The van der Waals surface area contributed by atoms with E-state index in [0.717, 1.165) is 42.1 Å². The molecule has 0 aliphatic heterocycles. The van der Waals surface area contributed by atoms with Gasteiger partial charge in [0.1, 0.15) is 0 Å². The summed E-state index contributed by atoms with van der Waals surface area (Å²) in [7, 11) is 1.81. The molecule has 70 valence electrons. The van der Waals surface area contributed by atoms with E-state index in [2.05, 4.69) is 6.08 Å². The first-order valence-corrected chi connectivity index (χ1v) is 5.61. The summed E-state index contributed by atoms with van der Waals surface area (Å²) >= 11 is 0. The van der Waals surface area contributed by atoms with Crippen LogP contribution in [0, 0.1) is 35.5 Å². The SMILES string of the molecule is COCCC1=C[C@H]2[C@@H]3C[C@@H]4[C@H]2[C@@H]4[C@H]13. The van der Waals surface area contributed by atoms with E-state index in [9.17, 15) is 0 Å². The van der Waals surface area contributed by atoms with E-state index >= 15 is 0 Å². The molecule has 13 heavy (non-hydrogen) atoms. The lowest BCUT2D eigenvalue weighted by Crippen LogP contribution is -2.06. The second kappa shape index (κ2) is 2.03. The van der Waals surface area contributed by atoms with Gasteiger partial charge in [0.15, 0.2) is 0 Å². The van der Waals surface area contributed by atoms with E-state index in [-0.39, 0.29) is 0 Å². The predicted molar refractivity (Wildman–Crippen MR) is 50.1 cm³/mol. The fraction of sp³-hybridized carbons (Fsp3) is 0.833. The molecule has 0 N–H and O–H groups in total. The Hall–Kier alpha value is -0.300. The Balaban J connectivity index is 1.60. The van der Waals surface area contributed by atoms with Crippen molar-refractivity contribution in [3.05, 3.63) is 11.6 Å². The zero-order valence-electron chi connectivity index (χ0n) is 8.07. The first kappa shape index (κ1) is 7.05. The largest absolute Gasteiger partial charge is 0.384 e. The Morgan fingerprint density at radius 2 is 2.31 bits per heavy atom. The third-order valence-corrected chi connectivity index (χ3v) is 5.08. The fourth-order valence-electron chi connectivity index (χ4n) is 4.80. The average Bonchev–Trinajstić information content (AvgIpc) is 2.57. The highest BCUT2D eigenvalue weighted by Crippen LogP contribution is 2.80. The Labute approximate surface area is 79.2 Å². The van der Waals surface area contributed by atoms with E-state index in [1.807, 2.05) is 7.11 Å². The summed E-state index contributed by atoms with van der Waals surface area (Å²) < 4.78 is 5.17. The first-order valence-electron chi connectivity index (χ1n) is 5.61. The van der Waals surface area contributed by atoms with Crippen molar-refractivity contribution in [2.24, 2.45) is 35.5 Å². The van der Waals surface area contributed by atoms with E-state index in [1.54, 1.807) is 12.0 Å². The standard InChI is InChI=1S/C12H16O/c1-13-3-2-6-4-7-8-5-9-11(7)12(9)10(6)8/h4,7-12H,2-3,5H2,1H3/t7-,8-,9+,10+,11-,12-/m0/s1. The lowest BCUT2D eigenvalue weighted by Gasteiger charge is -2.13. The Morgan fingerprint density at radius 3 is 2.92 bits per heavy atom. The number of allylic oxidation sites excluding steroid dienone is 1. The Morgan fingerprint density at radius 1 is 1.38 bits per heavy atom. The van der Waals surface area contributed by atoms with Gasteiger partial charge in [-0.3, -0.25) is 0 Å². The number of hydrogen-bond acceptors (Lipinski definition) is 1. The molecule has 5 rings (SSSR count). The molecule has 0 unspecified atom stereocenters. The van der Waals surface area contributed by atoms with Crippen molar-refractivity contribution in [3.63, 3.8) is 0 Å². The number of rotatable bonds is 3. The third kappa shape index (κ3) is 0.633. The molecule has 6 atom stereocenters. The van der Waals surface area contributed by atoms with Gasteiger partial charge in [0.2, 0.25) is 0 Å². The molecule has 5 aliphatic rings. The van der Waals surface area contributed by atoms with Gasteiger partial charge in [-0.2, -0.15) is 0 Å². The van der Waals surface area contributed by atoms with Gasteiger partial charge >= 0.3 is 0 Å². The van der Waals surface area contributed by atoms with Crippen molar-refractivity contribution >= 4 is 0 Å². The lowest BCUT2D eigenvalue weighted by atomic mass is 9.93. The molecular weight excluding hydrogens is 160 g/mol. The van der Waals surface area contributed by atoms with E-state index in [0.29, 0.717) is 0 Å². The van der Waals surface area contributed by atoms with Crippen LogP contribution in [-0.4, -0.2) is 13.7 Å². The molecule has 0 aromatic heterocycles. The highest BCUT2D eigenvalue weighted by molar-refractivity contribution is 5.38. The summed E-state index contributed by atoms with van der Waals surface area (Å²) in [5, 5.41) is 0. The third-order valence-electron chi connectivity index (χ3n) is 5.08. The van der Waals surface area contributed by atoms with Crippen molar-refractivity contribution in [3.8, 4) is 0 Å². The molecule has 0 spiro atoms. The minimum absolute atomic E-state index is 0.934. The summed E-state index contributed by atoms with van der Waals surface area (Å²) in [6.45, 7) is 0.934. The van der Waals surface area contributed by atoms with Crippen LogP contribution in [0.25, 0.3) is 0 Å². The average molecular weight is 176 g/mol. The quantitative estimate of drug-likeness (QED) is 0.598. The smallest absolute Gasteiger partial charge is 0.0499 e. The molecule has 5 aliphatic carbocycles. The van der Waals surface area contributed by atoms with Gasteiger partial charge in [0.25, 0.3) is 0 Å². The van der Waals surface area contributed by atoms with Gasteiger partial charge in [0, 0.05) is 13.7 Å². The lowest BCUT2D eigenvalue weighted by molar-refractivity contribution is 0.199. The molecule has 0 radical (unpaired) electrons. The fourth-order valence-corrected chi connectivity index (χ4v) is 4.80. The van der Waals surface area contributed by atoms with Crippen LogP contribution in [-0.2, 0) is 4.74 Å². The summed E-state index contributed by atoms with van der Waals surface area (Å²) in [6, 6.07) is 0. The highest BCUT2D eigenvalue weighted by Gasteiger charge is 2.75. The normalized spacial score (nSPS) is 58.7. The zero-order chi connectivity index (χ0) is 8.58. The van der Waals surface area contributed by atoms with Gasteiger partial charge in [-0.15, -0.1) is 0 Å². The van der Waals surface area contributed by atoms with Crippen LogP contribution in [0.3, 0.4) is 0 Å². The monoisotopic (exact) mass is 176 g/mol. The topological polar surface area (TPSA) is 9.23 Å². The number of ether oxygens (including phenoxy) is 1. The van der Waals surface area contributed by atoms with Gasteiger partial charge in [-0.25, -0.2) is 0 Å². The van der Waals surface area contributed by atoms with Gasteiger partial charge in [0.05, 0.1) is 0 Å². The van der Waals surface area contributed by atoms with Crippen molar-refractivity contribution < 1.29 is 4.74 Å². The molecular formula is C12H16O. The Kier molecular flexibility index (Phi) is 1.10. The first-order chi connectivity index (χ1) is 6.42. The van der Waals surface area contributed by atoms with Gasteiger partial charge in [-0.05, 0) is 48.3 Å². The highest BCUT2D eigenvalue weighted by atomic mass is 16.5. The van der Waals surface area contributed by atoms with Gasteiger partial charge in [-0.1, -0.05) is 11.6 Å². The minimum atomic E-state index is 0.934. The van der Waals surface area contributed by atoms with E-state index in [4.69, 9.17) is 4.74 Å². The van der Waals surface area contributed by atoms with Gasteiger partial charge < -0.3 is 4.74 Å². The molecule has 1 nitrogen and oxygen atoms in total. The second-order valence-electron chi connectivity index (χ2n) is 5.31. The van der Waals surface area contributed by atoms with Crippen molar-refractivity contribution in [2.75, 3.05) is 13.7 Å². The summed E-state index contributed by atoms with van der Waals surface area (Å²) in [5.41, 5.74) is 1.76. The predicted octanol–water partition coefficient (Wildman–Crippen LogP) is 2.09. The molecule has 0 aromatic rings. The molecule has 0 aromatic carbocycles. The molecule has 0 saturated heterocycles. The molecule has 4 saturated carbocycles. The van der Waals surface area contributed by atoms with E-state index < -0.39 is 0 Å². The van der Waals surface area contributed by atoms with Crippen LogP contribution in [0.1, 0.15) is 12.8 Å². The minimum Gasteiger partial charge on any atom is -0.384 e. The molecule has 0 heterocycles. The summed E-state index contributed by atoms with van der Waals surface area (Å²) in [5.74, 6) is 6.60. The van der Waals surface area contributed by atoms with Crippen molar-refractivity contribution in [1.29, 1.82) is 0 Å². The Bertz CT molecular complexity index is 293. The van der Waals surface area contributed by atoms with Crippen molar-refractivity contribution in [1.82, 2.24) is 0 Å². The second-order valence-corrected chi connectivity index (χ2v) is 5.31. The van der Waals surface area contributed by atoms with Crippen LogP contribution < -0.4 is 0 Å². The van der Waals surface area contributed by atoms with Crippen LogP contribution in [0.5, 0.6) is 0 Å². The van der Waals surface area contributed by atoms with Crippen LogP contribution in [0.4, 0.5) is 0 Å². The maximum atomic E-state index is 5.17.